The van der Waals surface area contributed by atoms with Gasteiger partial charge < -0.3 is 5.32 Å². The van der Waals surface area contributed by atoms with E-state index in [-0.39, 0.29) is 4.90 Å². The average Bonchev–Trinajstić information content (AvgIpc) is 3.24. The molecule has 34 heavy (non-hydrogen) atoms. The van der Waals surface area contributed by atoms with E-state index in [1.807, 2.05) is 67.6 Å². The third kappa shape index (κ3) is 4.48. The molecule has 170 valence electrons. The highest BCUT2D eigenvalue weighted by Crippen LogP contribution is 2.30. The second-order valence-electron chi connectivity index (χ2n) is 7.78. The fourth-order valence-electron chi connectivity index (χ4n) is 3.56. The van der Waals surface area contributed by atoms with E-state index < -0.39 is 10.0 Å². The van der Waals surface area contributed by atoms with E-state index in [0.29, 0.717) is 28.0 Å². The van der Waals surface area contributed by atoms with Crippen molar-refractivity contribution in [2.75, 3.05) is 10.0 Å². The van der Waals surface area contributed by atoms with Crippen LogP contribution in [0.15, 0.2) is 83.1 Å². The van der Waals surface area contributed by atoms with E-state index in [1.165, 1.54) is 11.3 Å². The summed E-state index contributed by atoms with van der Waals surface area (Å²) in [7, 11) is -3.81. The van der Waals surface area contributed by atoms with Gasteiger partial charge in [0.2, 0.25) is 0 Å². The molecular formula is C25H21N5O2S2. The predicted molar refractivity (Wildman–Crippen MR) is 137 cm³/mol. The Hall–Kier alpha value is -3.82. The molecule has 0 saturated carbocycles. The van der Waals surface area contributed by atoms with Crippen LogP contribution in [0.1, 0.15) is 11.3 Å². The van der Waals surface area contributed by atoms with E-state index in [1.54, 1.807) is 24.4 Å². The van der Waals surface area contributed by atoms with E-state index in [0.717, 1.165) is 22.2 Å². The molecule has 3 aromatic carbocycles. The van der Waals surface area contributed by atoms with Crippen molar-refractivity contribution in [2.45, 2.75) is 18.7 Å². The molecule has 0 amide bonds. The fraction of sp³-hybridized carbons (Fsp3) is 0.0800. The van der Waals surface area contributed by atoms with Gasteiger partial charge in [0, 0.05) is 22.0 Å². The molecule has 5 aromatic rings. The zero-order chi connectivity index (χ0) is 23.7. The molecule has 0 fully saturated rings. The van der Waals surface area contributed by atoms with Gasteiger partial charge in [0.1, 0.15) is 5.82 Å². The lowest BCUT2D eigenvalue weighted by atomic mass is 10.1. The van der Waals surface area contributed by atoms with E-state index in [4.69, 9.17) is 9.97 Å². The number of aromatic nitrogens is 3. The van der Waals surface area contributed by atoms with Crippen molar-refractivity contribution in [3.63, 3.8) is 0 Å². The molecule has 0 unspecified atom stereocenters. The maximum absolute atomic E-state index is 13.1. The molecule has 2 aromatic heterocycles. The number of hydrogen-bond donors (Lipinski definition) is 2. The molecule has 0 aliphatic carbocycles. The normalized spacial score (nSPS) is 11.5. The Morgan fingerprint density at radius 1 is 0.853 bits per heavy atom. The largest absolute Gasteiger partial charge is 0.340 e. The van der Waals surface area contributed by atoms with Crippen molar-refractivity contribution in [1.29, 1.82) is 0 Å². The van der Waals surface area contributed by atoms with Gasteiger partial charge in [-0.15, -0.1) is 11.3 Å². The smallest absolute Gasteiger partial charge is 0.264 e. The Balaban J connectivity index is 1.54. The lowest BCUT2D eigenvalue weighted by Gasteiger charge is -2.14. The van der Waals surface area contributed by atoms with Crippen LogP contribution in [0.3, 0.4) is 0 Å². The van der Waals surface area contributed by atoms with Gasteiger partial charge >= 0.3 is 0 Å². The number of nitrogens with zero attached hydrogens (tertiary/aromatic N) is 3. The van der Waals surface area contributed by atoms with Crippen LogP contribution >= 0.6 is 11.3 Å². The summed E-state index contributed by atoms with van der Waals surface area (Å²) in [5.41, 5.74) is 3.68. The number of rotatable bonds is 6. The maximum atomic E-state index is 13.1. The van der Waals surface area contributed by atoms with Crippen LogP contribution < -0.4 is 10.0 Å². The number of hydrogen-bond acceptors (Lipinski definition) is 7. The summed E-state index contributed by atoms with van der Waals surface area (Å²) < 4.78 is 28.8. The second kappa shape index (κ2) is 8.85. The van der Waals surface area contributed by atoms with Gasteiger partial charge in [-0.05, 0) is 43.7 Å². The third-order valence-electron chi connectivity index (χ3n) is 5.22. The minimum absolute atomic E-state index is 0.173. The van der Waals surface area contributed by atoms with Crippen LogP contribution in [0, 0.1) is 13.8 Å². The van der Waals surface area contributed by atoms with E-state index in [9.17, 15) is 8.42 Å². The minimum atomic E-state index is -3.81. The van der Waals surface area contributed by atoms with Gasteiger partial charge in [0.15, 0.2) is 11.0 Å². The number of sulfonamides is 1. The SMILES string of the molecule is Cc1csc(NS(=O)(=O)c2cc(Nc3nc(-c4ccccc4)nc4ccccc34)ccc2C)n1. The molecular weight excluding hydrogens is 466 g/mol. The molecule has 0 bridgehead atoms. The fourth-order valence-corrected chi connectivity index (χ4v) is 5.78. The molecule has 0 atom stereocenters. The van der Waals surface area contributed by atoms with Crippen LogP contribution in [0.4, 0.5) is 16.6 Å². The number of thiazole rings is 1. The molecule has 2 heterocycles. The van der Waals surface area contributed by atoms with Crippen molar-refractivity contribution in [2.24, 2.45) is 0 Å². The molecule has 0 aliphatic heterocycles. The molecule has 2 N–H and O–H groups in total. The summed E-state index contributed by atoms with van der Waals surface area (Å²) >= 11 is 1.25. The molecule has 0 aliphatic rings. The van der Waals surface area contributed by atoms with Crippen LogP contribution in [0.25, 0.3) is 22.3 Å². The van der Waals surface area contributed by atoms with Crippen molar-refractivity contribution in [1.82, 2.24) is 15.0 Å². The molecule has 0 spiro atoms. The zero-order valence-electron chi connectivity index (χ0n) is 18.5. The molecule has 0 radical (unpaired) electrons. The second-order valence-corrected chi connectivity index (χ2v) is 10.3. The van der Waals surface area contributed by atoms with Crippen LogP contribution in [-0.2, 0) is 10.0 Å². The average molecular weight is 488 g/mol. The highest BCUT2D eigenvalue weighted by Gasteiger charge is 2.20. The first-order valence-electron chi connectivity index (χ1n) is 10.5. The first-order valence-corrected chi connectivity index (χ1v) is 12.9. The van der Waals surface area contributed by atoms with E-state index >= 15 is 0 Å². The van der Waals surface area contributed by atoms with E-state index in [2.05, 4.69) is 15.0 Å². The van der Waals surface area contributed by atoms with Crippen LogP contribution in [0.5, 0.6) is 0 Å². The number of para-hydroxylation sites is 1. The molecule has 0 saturated heterocycles. The third-order valence-corrected chi connectivity index (χ3v) is 7.70. The Morgan fingerprint density at radius 2 is 1.62 bits per heavy atom. The van der Waals surface area contributed by atoms with Crippen molar-refractivity contribution in [3.05, 3.63) is 89.4 Å². The zero-order valence-corrected chi connectivity index (χ0v) is 20.1. The van der Waals surface area contributed by atoms with Gasteiger partial charge in [-0.1, -0.05) is 48.5 Å². The van der Waals surface area contributed by atoms with Crippen LogP contribution in [0.2, 0.25) is 0 Å². The summed E-state index contributed by atoms with van der Waals surface area (Å²) in [5.74, 6) is 1.18. The topological polar surface area (TPSA) is 96.9 Å². The summed E-state index contributed by atoms with van der Waals surface area (Å²) in [5, 5.41) is 6.28. The Bertz CT molecular complexity index is 1600. The number of aryl methyl sites for hydroxylation is 2. The summed E-state index contributed by atoms with van der Waals surface area (Å²) in [6.07, 6.45) is 0. The van der Waals surface area contributed by atoms with Crippen molar-refractivity contribution < 1.29 is 8.42 Å². The molecule has 7 nitrogen and oxygen atoms in total. The minimum Gasteiger partial charge on any atom is -0.340 e. The highest BCUT2D eigenvalue weighted by molar-refractivity contribution is 7.93. The quantitative estimate of drug-likeness (QED) is 0.309. The Kier molecular flexibility index (Phi) is 5.72. The van der Waals surface area contributed by atoms with Gasteiger partial charge in [0.25, 0.3) is 10.0 Å². The van der Waals surface area contributed by atoms with Gasteiger partial charge in [-0.2, -0.15) is 0 Å². The summed E-state index contributed by atoms with van der Waals surface area (Å²) in [6, 6.07) is 22.7. The van der Waals surface area contributed by atoms with Crippen LogP contribution in [-0.4, -0.2) is 23.4 Å². The van der Waals surface area contributed by atoms with Gasteiger partial charge in [-0.25, -0.2) is 23.4 Å². The lowest BCUT2D eigenvalue weighted by Crippen LogP contribution is -2.14. The number of fused-ring (bicyclic) bond motifs is 1. The maximum Gasteiger partial charge on any atom is 0.264 e. The summed E-state index contributed by atoms with van der Waals surface area (Å²) in [6.45, 7) is 3.58. The number of nitrogens with one attached hydrogen (secondary N) is 2. The first-order chi connectivity index (χ1) is 16.4. The Morgan fingerprint density at radius 3 is 2.38 bits per heavy atom. The van der Waals surface area contributed by atoms with Gasteiger partial charge in [0.05, 0.1) is 16.1 Å². The standard InChI is InChI=1S/C25H21N5O2S2/c1-16-12-13-19(14-22(16)34(31,32)30-25-26-17(2)15-33-25)27-24-20-10-6-7-11-21(20)28-23(29-24)18-8-4-3-5-9-18/h3-15H,1-2H3,(H,26,30)(H,27,28,29). The molecule has 9 heteroatoms. The first kappa shape index (κ1) is 22.0. The highest BCUT2D eigenvalue weighted by atomic mass is 32.2. The van der Waals surface area contributed by atoms with Crippen molar-refractivity contribution in [3.8, 4) is 11.4 Å². The molecule has 5 rings (SSSR count). The lowest BCUT2D eigenvalue weighted by molar-refractivity contribution is 0.600. The predicted octanol–water partition coefficient (Wildman–Crippen LogP) is 5.91. The number of benzene rings is 3. The Labute approximate surface area is 201 Å². The van der Waals surface area contributed by atoms with Crippen molar-refractivity contribution >= 4 is 48.9 Å². The summed E-state index contributed by atoms with van der Waals surface area (Å²) in [4.78, 5) is 13.8. The monoisotopic (exact) mass is 487 g/mol. The number of anilines is 3. The van der Waals surface area contributed by atoms with Gasteiger partial charge in [-0.3, -0.25) is 4.72 Å².